The zero-order chi connectivity index (χ0) is 90.2. The number of thioether (sulfide) groups is 1. The van der Waals surface area contributed by atoms with Crippen molar-refractivity contribution < 1.29 is 137 Å². The average molecular weight is 1740 g/mol. The normalized spacial score (nSPS) is 18.5. The Bertz CT molecular complexity index is 4050. The largest absolute Gasteiger partial charge is 0.508 e. The lowest BCUT2D eigenvalue weighted by Gasteiger charge is -2.27. The van der Waals surface area contributed by atoms with Crippen LogP contribution in [-0.2, 0) is 109 Å². The van der Waals surface area contributed by atoms with Crippen molar-refractivity contribution >= 4 is 146 Å². The molecule has 1 aromatic heterocycles. The Morgan fingerprint density at radius 3 is 1.43 bits per heavy atom. The summed E-state index contributed by atoms with van der Waals surface area (Å²) in [5, 5.41) is 102. The lowest BCUT2D eigenvalue weighted by Crippen LogP contribution is -2.55. The molecule has 9 amide bonds. The molecule has 44 heteroatoms. The second-order valence-corrected chi connectivity index (χ2v) is 31.6. The molecular weight excluding hydrogens is 1630 g/mol. The Morgan fingerprint density at radius 2 is 0.934 bits per heavy atom. The minimum absolute atomic E-state index is 0.0112. The van der Waals surface area contributed by atoms with Crippen LogP contribution in [0.2, 0.25) is 0 Å². The van der Waals surface area contributed by atoms with Crippen LogP contribution < -0.4 is 71.2 Å². The maximum Gasteiger partial charge on any atom is 0.326 e. The molecule has 14 atom stereocenters. The van der Waals surface area contributed by atoms with Gasteiger partial charge in [-0.05, 0) is 138 Å². The van der Waals surface area contributed by atoms with Crippen LogP contribution in [0.3, 0.4) is 0 Å². The predicted molar refractivity (Wildman–Crippen MR) is 430 cm³/mol. The van der Waals surface area contributed by atoms with Gasteiger partial charge in [0.2, 0.25) is 53.2 Å². The fourth-order valence-electron chi connectivity index (χ4n) is 13.3. The van der Waals surface area contributed by atoms with Crippen LogP contribution in [0.15, 0.2) is 40.7 Å². The quantitative estimate of drug-likeness (QED) is 0.0296. The fourth-order valence-corrected chi connectivity index (χ4v) is 15.4. The van der Waals surface area contributed by atoms with Crippen molar-refractivity contribution in [2.24, 2.45) is 63.3 Å². The fraction of sp³-hybridized carbons (Fsp3) is 0.597. The first-order valence-electron chi connectivity index (χ1n) is 39.4. The first-order valence-corrected chi connectivity index (χ1v) is 41.3. The standard InChI is InChI=1S/C77H110N14O28S2/c78-19-5-1-9-41-26-56(94)47(17-18-62(82)99)83-73(115)48(11-3-7-21-80)84-75(117)55-38-121-76(91-55)61-25-40(37-120-61)24-53(89-69(41)111)74(116)90-54(36-92)60(98)30-45(33-65(104)105)71(113)86-50(23-39-13-15-46(93)16-14-39)57(95)27-42(10-2-6-20-79)68(110)87-51(34-66(106)107)58(96)29-44(32-64(102)103)72(114)88-52(35-67(108)109)59(97)28-43(31-63(100)101)70(112)85-49(77(118)119)12-4-8-22-81/h13-16,25,37,41-45,47-55,92-93H,1-12,17-24,26-36,38,78-81H2,(H2,82,99)(H,83,115)(H,84,117)(H,85,112)(H,86,113)(H,87,110)(H,88,114)(H,89,111)(H,90,116)(H,100,101)(H,102,103)(H,104,105)(H,106,107)(H,108,109)(H,118,119)/t41-,42-,43+,44+,45+,47+,48+,49+,50+,51+,52+,53+,54+,55+/m1/s1. The highest BCUT2D eigenvalue weighted by Crippen LogP contribution is 2.30. The van der Waals surface area contributed by atoms with Crippen LogP contribution in [0.25, 0.3) is 0 Å². The number of Topliss-reactive ketones (excluding diaryl/α,β-unsaturated/α-hetero) is 5. The molecule has 2 aliphatic rings. The van der Waals surface area contributed by atoms with E-state index in [1.807, 2.05) is 5.32 Å². The molecule has 0 saturated carbocycles. The number of carbonyl (C=O) groups is 20. The van der Waals surface area contributed by atoms with Gasteiger partial charge in [-0.1, -0.05) is 25.0 Å². The number of carbonyl (C=O) groups excluding carboxylic acids is 14. The Labute approximate surface area is 702 Å². The molecule has 4 bridgehead atoms. The molecule has 4 rings (SSSR count). The van der Waals surface area contributed by atoms with Crippen LogP contribution in [0.5, 0.6) is 5.75 Å². The number of aliphatic carboxylic acids is 6. The molecule has 0 radical (unpaired) electrons. The maximum absolute atomic E-state index is 14.9. The Hall–Kier alpha value is -11.1. The van der Waals surface area contributed by atoms with Gasteiger partial charge in [0.1, 0.15) is 41.0 Å². The van der Waals surface area contributed by atoms with E-state index in [1.54, 1.807) is 11.4 Å². The van der Waals surface area contributed by atoms with E-state index >= 15 is 0 Å². The Kier molecular flexibility index (Phi) is 44.7. The molecule has 121 heavy (non-hydrogen) atoms. The van der Waals surface area contributed by atoms with Gasteiger partial charge in [0, 0.05) is 62.5 Å². The van der Waals surface area contributed by atoms with E-state index in [4.69, 9.17) is 28.7 Å². The van der Waals surface area contributed by atoms with Crippen molar-refractivity contribution in [3.05, 3.63) is 51.7 Å². The summed E-state index contributed by atoms with van der Waals surface area (Å²) in [6, 6.07) is -8.34. The van der Waals surface area contributed by atoms with Crippen molar-refractivity contribution in [3.8, 4) is 5.75 Å². The average Bonchev–Trinajstić information content (AvgIpc) is 1.73. The number of unbranched alkanes of at least 4 members (excludes halogenated alkanes) is 4. The third-order valence-corrected chi connectivity index (χ3v) is 22.1. The van der Waals surface area contributed by atoms with Gasteiger partial charge in [-0.15, -0.1) is 23.1 Å². The van der Waals surface area contributed by atoms with E-state index in [2.05, 4.69) is 42.2 Å². The number of phenols is 1. The number of aliphatic imine (C=N–C) groups is 1. The smallest absolute Gasteiger partial charge is 0.326 e. The van der Waals surface area contributed by atoms with Gasteiger partial charge in [0.05, 0.1) is 85.5 Å². The van der Waals surface area contributed by atoms with Crippen molar-refractivity contribution in [2.75, 3.05) is 38.5 Å². The number of rotatable bonds is 55. The summed E-state index contributed by atoms with van der Waals surface area (Å²) in [7, 11) is 0. The Balaban J connectivity index is 1.68. The highest BCUT2D eigenvalue weighted by molar-refractivity contribution is 8.15. The number of benzene rings is 1. The summed E-state index contributed by atoms with van der Waals surface area (Å²) >= 11 is 2.36. The number of carboxylic acids is 6. The molecular formula is C77H110N14O28S2. The van der Waals surface area contributed by atoms with Crippen molar-refractivity contribution in [1.82, 2.24) is 42.5 Å². The van der Waals surface area contributed by atoms with Crippen molar-refractivity contribution in [2.45, 2.75) is 221 Å². The van der Waals surface area contributed by atoms with E-state index in [9.17, 15) is 137 Å². The highest BCUT2D eigenvalue weighted by Gasteiger charge is 2.41. The number of nitrogens with one attached hydrogen (secondary N) is 8. The van der Waals surface area contributed by atoms with Gasteiger partial charge in [-0.25, -0.2) is 4.79 Å². The zero-order valence-electron chi connectivity index (χ0n) is 66.6. The minimum atomic E-state index is -2.18. The summed E-state index contributed by atoms with van der Waals surface area (Å²) in [5.41, 5.74) is 28.9. The van der Waals surface area contributed by atoms with Crippen LogP contribution in [-0.4, -0.2) is 257 Å². The van der Waals surface area contributed by atoms with E-state index in [0.29, 0.717) is 41.2 Å². The third kappa shape index (κ3) is 36.8. The number of fused-ring (bicyclic) bond motifs is 4. The second kappa shape index (κ2) is 52.9. The van der Waals surface area contributed by atoms with Crippen molar-refractivity contribution in [1.29, 1.82) is 0 Å². The molecule has 0 aliphatic carbocycles. The molecule has 42 nitrogen and oxygen atoms in total. The van der Waals surface area contributed by atoms with Gasteiger partial charge in [-0.3, -0.25) is 96.1 Å². The molecule has 1 aromatic carbocycles. The first-order chi connectivity index (χ1) is 57.3. The number of thiophene rings is 1. The third-order valence-electron chi connectivity index (χ3n) is 19.9. The number of carboxylic acid groups (broad SMARTS) is 6. The summed E-state index contributed by atoms with van der Waals surface area (Å²) in [6.07, 6.45) is -10.8. The molecule has 0 fully saturated rings. The minimum Gasteiger partial charge on any atom is -0.508 e. The topological polar surface area (TPSA) is 742 Å². The van der Waals surface area contributed by atoms with Gasteiger partial charge in [-0.2, -0.15) is 0 Å². The van der Waals surface area contributed by atoms with Gasteiger partial charge in [0.25, 0.3) is 0 Å². The number of nitrogens with zero attached hydrogens (tertiary/aromatic N) is 1. The monoisotopic (exact) mass is 1740 g/mol. The SMILES string of the molecule is NCCCC[C@H](CC(=O)[C@H](Cc1ccc(O)cc1)NC(=O)[C@H](CC(=O)O)CC(=O)[C@H](CO)NC(=O)[C@@H]1Cc2csc(c2)C2=N[C@@H](CS2)C(=O)N[C@@H](CCCCN)C(=O)N[C@@H](CCC(N)=O)C(=O)C[C@@H](CCCCN)C(=O)N1)C(=O)N[C@@H](CC(=O)O)C(=O)C[C@@H](CC(=O)O)C(=O)N[C@@H](CC(=O)O)C(=O)C[C@@H](CC(=O)O)C(=O)N[C@@H](CCCCN)C(=O)O. The molecule has 0 unspecified atom stereocenters. The number of primary amides is 1. The highest BCUT2D eigenvalue weighted by atomic mass is 32.2. The Morgan fingerprint density at radius 1 is 0.479 bits per heavy atom. The van der Waals surface area contributed by atoms with E-state index < -0.39 is 286 Å². The zero-order valence-corrected chi connectivity index (χ0v) is 68.2. The molecule has 26 N–H and O–H groups in total. The number of hydrogen-bond acceptors (Lipinski definition) is 29. The summed E-state index contributed by atoms with van der Waals surface area (Å²) < 4.78 is 0. The van der Waals surface area contributed by atoms with Crippen LogP contribution in [0, 0.1) is 29.6 Å². The molecule has 0 saturated heterocycles. The van der Waals surface area contributed by atoms with Gasteiger partial charge in [0.15, 0.2) is 28.9 Å². The number of hydrogen-bond donors (Lipinski definition) is 21. The van der Waals surface area contributed by atoms with Gasteiger partial charge < -0.3 is 112 Å². The van der Waals surface area contributed by atoms with E-state index in [-0.39, 0.29) is 107 Å². The lowest BCUT2D eigenvalue weighted by atomic mass is 9.88. The summed E-state index contributed by atoms with van der Waals surface area (Å²) in [4.78, 5) is 276. The molecule has 0 spiro atoms. The number of aliphatic hydroxyl groups excluding tert-OH is 1. The number of ketones is 5. The molecule has 668 valence electrons. The molecule has 2 aromatic rings. The second-order valence-electron chi connectivity index (χ2n) is 29.6. The number of aromatic hydroxyl groups is 1. The van der Waals surface area contributed by atoms with Crippen LogP contribution >= 0.6 is 23.1 Å². The van der Waals surface area contributed by atoms with Crippen LogP contribution in [0.4, 0.5) is 0 Å². The van der Waals surface area contributed by atoms with Crippen LogP contribution in [0.1, 0.15) is 170 Å². The summed E-state index contributed by atoms with van der Waals surface area (Å²) in [5.74, 6) is -34.3. The number of aliphatic hydroxyl groups is 1. The molecule has 3 heterocycles. The lowest BCUT2D eigenvalue weighted by molar-refractivity contribution is -0.146. The predicted octanol–water partition coefficient (Wildman–Crippen LogP) is -2.90. The number of amides is 9. The molecule has 2 aliphatic heterocycles. The maximum atomic E-state index is 14.9. The van der Waals surface area contributed by atoms with Gasteiger partial charge >= 0.3 is 35.8 Å². The van der Waals surface area contributed by atoms with Crippen molar-refractivity contribution in [3.63, 3.8) is 0 Å². The van der Waals surface area contributed by atoms with E-state index in [0.717, 1.165) is 11.3 Å². The first kappa shape index (κ1) is 102. The number of phenolic OH excluding ortho intramolecular Hbond substituents is 1. The number of nitrogens with two attached hydrogens (primary N) is 5. The summed E-state index contributed by atoms with van der Waals surface area (Å²) in [6.45, 7) is -0.623. The van der Waals surface area contributed by atoms with E-state index in [1.165, 1.54) is 36.0 Å².